The second kappa shape index (κ2) is 24.3. The van der Waals surface area contributed by atoms with Crippen LogP contribution in [-0.4, -0.2) is 33.2 Å². The summed E-state index contributed by atoms with van der Waals surface area (Å²) < 4.78 is 0. The molecule has 0 aromatic carbocycles. The molecule has 0 saturated heterocycles. The minimum absolute atomic E-state index is 0. The predicted octanol–water partition coefficient (Wildman–Crippen LogP) is 8.59. The van der Waals surface area contributed by atoms with Gasteiger partial charge in [0.15, 0.2) is 0 Å². The minimum atomic E-state index is -0.167. The normalized spacial score (nSPS) is 9.95. The van der Waals surface area contributed by atoms with Crippen LogP contribution < -0.4 is 10.6 Å². The smallest absolute Gasteiger partial charge is 0.512 e. The van der Waals surface area contributed by atoms with E-state index in [9.17, 15) is 0 Å². The molecule has 220 valence electrons. The summed E-state index contributed by atoms with van der Waals surface area (Å²) in [6, 6.07) is 5.74. The molecule has 0 aromatic rings. The standard InChI is InChI=1S/C10H20N2.4C5H9N.CN.W/c1-9(2,3)11-7-8-12-10(4,5)6;4*1-5(2,3)6-4;1-2;/h11-12H,1-6H3;4*1-3H3;;/q;;;;;-1;+2. The number of nitrogens with zero attached hydrogens (tertiary/aromatic N) is 5. The van der Waals surface area contributed by atoms with Crippen molar-refractivity contribution in [2.75, 3.05) is 0 Å². The molecule has 0 fully saturated rings. The Balaban J connectivity index is -0.0000000666. The van der Waals surface area contributed by atoms with Crippen LogP contribution >= 0.6 is 0 Å². The van der Waals surface area contributed by atoms with Gasteiger partial charge in [-0.25, -0.2) is 26.3 Å². The molecular formula is C31H56N7W+. The van der Waals surface area contributed by atoms with Gasteiger partial charge >= 0.3 is 21.1 Å². The molecule has 0 unspecified atom stereocenters. The summed E-state index contributed by atoms with van der Waals surface area (Å²) in [7, 11) is 0. The van der Waals surface area contributed by atoms with E-state index in [0.717, 1.165) is 0 Å². The Hall–Kier alpha value is -2.70. The Morgan fingerprint density at radius 2 is 0.513 bits per heavy atom. The molecule has 7 nitrogen and oxygen atoms in total. The first-order valence-corrected chi connectivity index (χ1v) is 12.3. The van der Waals surface area contributed by atoms with Gasteiger partial charge in [0.05, 0.1) is 0 Å². The molecule has 0 aliphatic carbocycles. The van der Waals surface area contributed by atoms with Crippen LogP contribution in [0.1, 0.15) is 125 Å². The van der Waals surface area contributed by atoms with E-state index in [-0.39, 0.29) is 54.3 Å². The largest absolute Gasteiger partial charge is 2.00 e. The van der Waals surface area contributed by atoms with Crippen molar-refractivity contribution in [1.29, 1.82) is 5.26 Å². The van der Waals surface area contributed by atoms with E-state index in [2.05, 4.69) is 83.6 Å². The van der Waals surface area contributed by atoms with Crippen molar-refractivity contribution < 1.29 is 21.1 Å². The molecule has 0 heterocycles. The van der Waals surface area contributed by atoms with Crippen molar-refractivity contribution >= 4 is 0 Å². The second-order valence-corrected chi connectivity index (χ2v) is 14.1. The molecule has 0 aromatic heterocycles. The van der Waals surface area contributed by atoms with E-state index in [1.807, 2.05) is 83.1 Å². The van der Waals surface area contributed by atoms with Crippen LogP contribution in [0.3, 0.4) is 0 Å². The molecule has 0 rings (SSSR count). The van der Waals surface area contributed by atoms with Gasteiger partial charge in [-0.3, -0.25) is 0 Å². The first-order chi connectivity index (χ1) is 16.4. The summed E-state index contributed by atoms with van der Waals surface area (Å²) in [6.45, 7) is 65.8. The summed E-state index contributed by atoms with van der Waals surface area (Å²) in [6.07, 6.45) is 0. The molecule has 0 radical (unpaired) electrons. The van der Waals surface area contributed by atoms with Gasteiger partial charge < -0.3 is 41.8 Å². The maximum atomic E-state index is 6.48. The number of rotatable bonds is 0. The Bertz CT molecular complexity index is 722. The fourth-order valence-electron chi connectivity index (χ4n) is 0.438. The summed E-state index contributed by atoms with van der Waals surface area (Å²) in [5, 5.41) is 12.4. The van der Waals surface area contributed by atoms with Crippen molar-refractivity contribution in [2.24, 2.45) is 0 Å². The van der Waals surface area contributed by atoms with Crippen LogP contribution in [0.2, 0.25) is 0 Å². The van der Waals surface area contributed by atoms with Crippen LogP contribution in [-0.2, 0) is 21.1 Å². The van der Waals surface area contributed by atoms with Gasteiger partial charge in [-0.2, -0.15) is 0 Å². The maximum absolute atomic E-state index is 6.48. The zero-order chi connectivity index (χ0) is 32.7. The summed E-state index contributed by atoms with van der Waals surface area (Å²) in [5.41, 5.74) is -0.543. The van der Waals surface area contributed by atoms with Gasteiger partial charge in [-0.1, -0.05) is 0 Å². The first kappa shape index (κ1) is 52.7. The Morgan fingerprint density at radius 3 is 0.564 bits per heavy atom. The monoisotopic (exact) mass is 710 g/mol. The van der Waals surface area contributed by atoms with Crippen LogP contribution in [0.15, 0.2) is 0 Å². The van der Waals surface area contributed by atoms with E-state index in [0.29, 0.717) is 0 Å². The van der Waals surface area contributed by atoms with E-state index < -0.39 is 0 Å². The number of hydrogen-bond acceptors (Lipinski definition) is 3. The van der Waals surface area contributed by atoms with Gasteiger partial charge in [0.25, 0.3) is 0 Å². The third kappa shape index (κ3) is 117. The Kier molecular flexibility index (Phi) is 32.9. The average Bonchev–Trinajstić information content (AvgIpc) is 2.71. The SMILES string of the molecule is CC(C)(C)NC#CNC(C)(C)C.[C-]#N.[C-]#[N+]C(C)(C)C.[C-]#[N+]C(C)(C)C.[C-]#[N+]C(C)(C)C.[C-]#[N+]C(C)(C)C.[W+2]. The number of hydrogen-bond donors (Lipinski definition) is 2. The minimum Gasteiger partial charge on any atom is -0.512 e. The molecule has 0 aliphatic heterocycles. The van der Waals surface area contributed by atoms with Gasteiger partial charge in [0.2, 0.25) is 22.2 Å². The van der Waals surface area contributed by atoms with Crippen molar-refractivity contribution in [1.82, 2.24) is 10.6 Å². The van der Waals surface area contributed by atoms with Crippen LogP contribution in [0.4, 0.5) is 0 Å². The van der Waals surface area contributed by atoms with Crippen LogP contribution in [0, 0.1) is 50.2 Å². The van der Waals surface area contributed by atoms with Gasteiger partial charge in [-0.15, -0.1) is 0 Å². The average molecular weight is 711 g/mol. The second-order valence-electron chi connectivity index (χ2n) is 14.1. The molecular weight excluding hydrogens is 654 g/mol. The van der Waals surface area contributed by atoms with Crippen molar-refractivity contribution in [3.05, 3.63) is 52.2 Å². The fraction of sp³-hybridized carbons (Fsp3) is 0.774. The van der Waals surface area contributed by atoms with Gasteiger partial charge in [0.1, 0.15) is 0 Å². The van der Waals surface area contributed by atoms with Crippen molar-refractivity contribution in [3.63, 3.8) is 0 Å². The number of nitrogens with one attached hydrogen (secondary N) is 2. The molecule has 0 atom stereocenters. The molecule has 0 aliphatic rings. The molecule has 0 amide bonds. The maximum Gasteiger partial charge on any atom is 2.00 e. The summed E-state index contributed by atoms with van der Waals surface area (Å²) >= 11 is 0. The molecule has 8 heteroatoms. The van der Waals surface area contributed by atoms with E-state index in [4.69, 9.17) is 38.1 Å². The zero-order valence-corrected chi connectivity index (χ0v) is 31.1. The topological polar surface area (TPSA) is 65.3 Å². The Morgan fingerprint density at radius 1 is 0.410 bits per heavy atom. The van der Waals surface area contributed by atoms with Gasteiger partial charge in [0, 0.05) is 106 Å². The quantitative estimate of drug-likeness (QED) is 0.150. The third-order valence-electron chi connectivity index (χ3n) is 2.28. The van der Waals surface area contributed by atoms with E-state index in [1.165, 1.54) is 0 Å². The fourth-order valence-corrected chi connectivity index (χ4v) is 0.438. The third-order valence-corrected chi connectivity index (χ3v) is 2.28. The van der Waals surface area contributed by atoms with Crippen LogP contribution in [0.5, 0.6) is 0 Å². The molecule has 0 bridgehead atoms. The van der Waals surface area contributed by atoms with E-state index >= 15 is 0 Å². The first-order valence-electron chi connectivity index (χ1n) is 12.3. The molecule has 39 heavy (non-hydrogen) atoms. The Labute approximate surface area is 258 Å². The molecule has 2 N–H and O–H groups in total. The van der Waals surface area contributed by atoms with Crippen molar-refractivity contribution in [2.45, 2.75) is 158 Å². The predicted molar refractivity (Wildman–Crippen MR) is 164 cm³/mol. The van der Waals surface area contributed by atoms with E-state index in [1.54, 1.807) is 0 Å². The van der Waals surface area contributed by atoms with Crippen molar-refractivity contribution in [3.8, 4) is 12.1 Å². The zero-order valence-electron chi connectivity index (χ0n) is 28.1. The summed E-state index contributed by atoms with van der Waals surface area (Å²) in [5.74, 6) is 0. The molecule has 0 spiro atoms. The summed E-state index contributed by atoms with van der Waals surface area (Å²) in [4.78, 5) is 13.1. The van der Waals surface area contributed by atoms with Crippen LogP contribution in [0.25, 0.3) is 19.4 Å². The van der Waals surface area contributed by atoms with Gasteiger partial charge in [-0.05, 0) is 41.5 Å². The molecule has 0 saturated carbocycles.